The van der Waals surface area contributed by atoms with Gasteiger partial charge in [0.2, 0.25) is 5.91 Å². The van der Waals surface area contributed by atoms with Crippen LogP contribution in [-0.2, 0) is 65.9 Å². The molecule has 4 heterocycles. The number of sulfone groups is 1. The Labute approximate surface area is 618 Å². The average Bonchev–Trinajstić information content (AvgIpc) is 1.20. The van der Waals surface area contributed by atoms with E-state index >= 15 is 0 Å². The van der Waals surface area contributed by atoms with Crippen molar-refractivity contribution in [1.82, 2.24) is 29.0 Å². The molecule has 0 bridgehead atoms. The van der Waals surface area contributed by atoms with Crippen molar-refractivity contribution in [2.24, 2.45) is 7.05 Å². The molecule has 11 aromatic rings. The number of carbonyl (C=O) groups excluding carboxylic acids is 1. The van der Waals surface area contributed by atoms with Crippen molar-refractivity contribution in [3.05, 3.63) is 250 Å². The zero-order valence-electron chi connectivity index (χ0n) is 57.1. The monoisotopic (exact) mass is 1640 g/mol. The number of fused-ring (bicyclic) bond motifs is 2. The first-order valence-corrected chi connectivity index (χ1v) is 39.4. The molecule has 0 spiro atoms. The van der Waals surface area contributed by atoms with E-state index in [2.05, 4.69) is 31.2 Å². The van der Waals surface area contributed by atoms with E-state index in [-0.39, 0.29) is 73.4 Å². The van der Waals surface area contributed by atoms with Gasteiger partial charge in [-0.05, 0) is 183 Å². The van der Waals surface area contributed by atoms with E-state index in [0.29, 0.717) is 80.2 Å². The lowest BCUT2D eigenvalue weighted by Crippen LogP contribution is -2.41. The van der Waals surface area contributed by atoms with Crippen LogP contribution in [0, 0.1) is 36.0 Å². The topological polar surface area (TPSA) is 371 Å². The smallest absolute Gasteiger partial charge is 0.336 e. The number of nitrogens with zero attached hydrogens (tertiary/aromatic N) is 5. The van der Waals surface area contributed by atoms with Gasteiger partial charge >= 0.3 is 5.69 Å². The summed E-state index contributed by atoms with van der Waals surface area (Å²) in [7, 11) is -10.2. The normalized spacial score (nSPS) is 11.9. The SMILES string of the molecule is CC(=O)Nc1cccc(-n2c(=O)n(C3CC3)c(=O)c3c(Nc4ccc(I)cc4F)n(C)c(=O)c(C)c32)c1.CS(=O)(=O)CCNCc1ccc(-c2ccc3ncnc(Nc4ccc(OCc5cccc(F)c5)c(Cl)c4)c3c2)o1.CS(C)=O.Cc1ccc(S(=O)(=O)O)cc1.Cc1ccc(S(=O)(=O)O)cc1.O. The Bertz CT molecular complexity index is 5450. The minimum atomic E-state index is -4.02. The third-order valence-corrected chi connectivity index (χ3v) is 18.7. The quantitative estimate of drug-likeness (QED) is 0.0264. The number of rotatable bonds is 18. The highest BCUT2D eigenvalue weighted by Gasteiger charge is 2.32. The number of ether oxygens (including phenoxy) is 1. The number of furan rings is 1. The number of anilines is 5. The molecule has 33 heteroatoms. The van der Waals surface area contributed by atoms with Crippen LogP contribution in [-0.4, -0.2) is 105 Å². The van der Waals surface area contributed by atoms with Crippen LogP contribution in [0.25, 0.3) is 38.8 Å². The average molecular weight is 1640 g/mol. The lowest BCUT2D eigenvalue weighted by Gasteiger charge is -2.21. The second-order valence-electron chi connectivity index (χ2n) is 23.6. The Balaban J connectivity index is 0.000000215. The van der Waals surface area contributed by atoms with Gasteiger partial charge in [0.25, 0.3) is 31.4 Å². The molecule has 104 heavy (non-hydrogen) atoms. The highest BCUT2D eigenvalue weighted by Crippen LogP contribution is 2.36. The molecule has 0 unspecified atom stereocenters. The Morgan fingerprint density at radius 3 is 1.97 bits per heavy atom. The molecule has 1 aliphatic carbocycles. The maximum Gasteiger partial charge on any atom is 0.336 e. The third kappa shape index (κ3) is 22.8. The largest absolute Gasteiger partial charge is 0.487 e. The van der Waals surface area contributed by atoms with Crippen LogP contribution in [0.1, 0.15) is 53.8 Å². The van der Waals surface area contributed by atoms with Crippen LogP contribution < -0.4 is 42.8 Å². The Kier molecular flexibility index (Phi) is 28.3. The lowest BCUT2D eigenvalue weighted by molar-refractivity contribution is -0.114. The maximum absolute atomic E-state index is 14.8. The highest BCUT2D eigenvalue weighted by molar-refractivity contribution is 14.1. The van der Waals surface area contributed by atoms with E-state index in [4.69, 9.17) is 29.9 Å². The molecule has 550 valence electrons. The summed E-state index contributed by atoms with van der Waals surface area (Å²) in [5.74, 6) is 1.42. The van der Waals surface area contributed by atoms with Crippen LogP contribution in [0.15, 0.2) is 199 Å². The van der Waals surface area contributed by atoms with Crippen LogP contribution in [0.4, 0.5) is 37.5 Å². The van der Waals surface area contributed by atoms with Gasteiger partial charge < -0.3 is 35.9 Å². The Morgan fingerprint density at radius 2 is 1.39 bits per heavy atom. The summed E-state index contributed by atoms with van der Waals surface area (Å²) in [6.45, 7) is 7.56. The molecular formula is C71H73ClF2IN9O16S4. The lowest BCUT2D eigenvalue weighted by atomic mass is 10.1. The summed E-state index contributed by atoms with van der Waals surface area (Å²) >= 11 is 8.46. The molecule has 0 aliphatic heterocycles. The molecule has 0 radical (unpaired) electrons. The second-order valence-corrected chi connectivity index (χ2v) is 31.8. The number of carbonyl (C=O) groups is 1. The van der Waals surface area contributed by atoms with Crippen molar-refractivity contribution in [3.63, 3.8) is 0 Å². The Hall–Kier alpha value is -9.36. The van der Waals surface area contributed by atoms with Crippen molar-refractivity contribution in [2.75, 3.05) is 47.0 Å². The van der Waals surface area contributed by atoms with Gasteiger partial charge in [-0.3, -0.25) is 41.4 Å². The number of halogens is 4. The number of aryl methyl sites for hydroxylation is 3. The molecular weight excluding hydrogens is 1560 g/mol. The third-order valence-electron chi connectivity index (χ3n) is 15.0. The van der Waals surface area contributed by atoms with Crippen LogP contribution in [0.3, 0.4) is 0 Å². The highest BCUT2D eigenvalue weighted by atomic mass is 127. The minimum Gasteiger partial charge on any atom is -0.487 e. The van der Waals surface area contributed by atoms with Gasteiger partial charge in [0, 0.05) is 87.6 Å². The second kappa shape index (κ2) is 35.9. The molecule has 0 atom stereocenters. The van der Waals surface area contributed by atoms with Gasteiger partial charge in [-0.1, -0.05) is 65.2 Å². The fraction of sp³-hybridized carbons (Fsp3) is 0.211. The standard InChI is InChI=1S/C29H26ClFN4O4S.C26H23FIN5O4.2C7H8O3S.C2H6OS.H2O/c1-40(36,37)12-11-32-16-23-7-10-27(39-23)20-5-8-26-24(14-20)29(34-18-33-26)35-22-6-9-28(25(30)15-22)38-17-19-3-2-4-21(31)13-19;1-13-22-21(23(31(3)24(13)35)30-20-10-7-15(28)11-19(20)27)25(36)33(17-8-9-17)26(37)32(22)18-6-4-5-16(12-18)29-14(2)34;2*1-6-2-4-7(5-3-6)11(8,9)10;1-4(2)3;/h2-10,13-15,18,32H,11-12,16-17H2,1H3,(H,33,34,35);4-7,10-12,17,30H,8-9H2,1-3H3,(H,29,34);2*2-5H,1H3,(H,8,9,10);1-2H3;1H2. The molecule has 1 amide bonds. The van der Waals surface area contributed by atoms with Gasteiger partial charge in [0.1, 0.15) is 68.7 Å². The van der Waals surface area contributed by atoms with Crippen molar-refractivity contribution in [2.45, 2.75) is 69.5 Å². The van der Waals surface area contributed by atoms with Crippen molar-refractivity contribution >= 4 is 131 Å². The van der Waals surface area contributed by atoms with Crippen molar-refractivity contribution < 1.29 is 66.8 Å². The Morgan fingerprint density at radius 1 is 0.760 bits per heavy atom. The summed E-state index contributed by atoms with van der Waals surface area (Å²) in [5.41, 5.74) is 4.55. The van der Waals surface area contributed by atoms with Crippen LogP contribution >= 0.6 is 34.2 Å². The van der Waals surface area contributed by atoms with Gasteiger partial charge in [0.05, 0.1) is 49.5 Å². The molecule has 7 aromatic carbocycles. The first kappa shape index (κ1) is 81.9. The van der Waals surface area contributed by atoms with E-state index in [0.717, 1.165) is 27.6 Å². The van der Waals surface area contributed by atoms with Crippen LogP contribution in [0.2, 0.25) is 5.02 Å². The van der Waals surface area contributed by atoms with Crippen LogP contribution in [0.5, 0.6) is 5.75 Å². The summed E-state index contributed by atoms with van der Waals surface area (Å²) in [4.78, 5) is 61.2. The van der Waals surface area contributed by atoms with Gasteiger partial charge in [-0.15, -0.1) is 0 Å². The number of benzene rings is 7. The van der Waals surface area contributed by atoms with Gasteiger partial charge in [0.15, 0.2) is 0 Å². The zero-order chi connectivity index (χ0) is 75.3. The molecule has 1 aliphatic rings. The van der Waals surface area contributed by atoms with E-state index in [1.54, 1.807) is 98.3 Å². The first-order chi connectivity index (χ1) is 48.5. The number of nitrogens with one attached hydrogen (secondary N) is 4. The van der Waals surface area contributed by atoms with E-state index < -0.39 is 63.5 Å². The van der Waals surface area contributed by atoms with Crippen molar-refractivity contribution in [3.8, 4) is 22.8 Å². The molecule has 25 nitrogen and oxygen atoms in total. The number of hydrogen-bond acceptors (Lipinski definition) is 18. The predicted octanol–water partition coefficient (Wildman–Crippen LogP) is 11.7. The van der Waals surface area contributed by atoms with E-state index in [9.17, 15) is 57.4 Å². The summed E-state index contributed by atoms with van der Waals surface area (Å²) in [5, 5.41) is 13.3. The number of pyridine rings is 1. The maximum atomic E-state index is 14.8. The number of hydrogen-bond donors (Lipinski definition) is 6. The fourth-order valence-corrected chi connectivity index (χ4v) is 12.1. The zero-order valence-corrected chi connectivity index (χ0v) is 63.2. The molecule has 1 saturated carbocycles. The molecule has 12 rings (SSSR count). The fourth-order valence-electron chi connectivity index (χ4n) is 9.95. The summed E-state index contributed by atoms with van der Waals surface area (Å²) in [6, 6.07) is 43.9. The number of amides is 1. The molecule has 8 N–H and O–H groups in total. The minimum absolute atomic E-state index is 0. The summed E-state index contributed by atoms with van der Waals surface area (Å²) in [6.07, 6.45) is 7.31. The molecule has 0 saturated heterocycles. The van der Waals surface area contributed by atoms with Crippen molar-refractivity contribution in [1.29, 1.82) is 0 Å². The molecule has 1 fully saturated rings. The predicted molar refractivity (Wildman–Crippen MR) is 408 cm³/mol. The first-order valence-electron chi connectivity index (χ1n) is 31.1. The van der Waals surface area contributed by atoms with E-state index in [1.165, 1.54) is 88.8 Å². The number of aromatic nitrogens is 5. The summed E-state index contributed by atoms with van der Waals surface area (Å²) < 4.78 is 136. The van der Waals surface area contributed by atoms with E-state index in [1.807, 2.05) is 72.8 Å². The molecule has 4 aromatic heterocycles. The van der Waals surface area contributed by atoms with Gasteiger partial charge in [-0.25, -0.2) is 32.0 Å². The van der Waals surface area contributed by atoms with Gasteiger partial charge in [-0.2, -0.15) is 16.8 Å².